The van der Waals surface area contributed by atoms with Crippen molar-refractivity contribution in [3.63, 3.8) is 0 Å². The molecule has 0 amide bonds. The number of hydrogen-bond donors (Lipinski definition) is 0. The van der Waals surface area contributed by atoms with Crippen LogP contribution < -0.4 is 0 Å². The summed E-state index contributed by atoms with van der Waals surface area (Å²) in [6.45, 7) is 9.27. The lowest BCUT2D eigenvalue weighted by atomic mass is 10.2. The van der Waals surface area contributed by atoms with Crippen molar-refractivity contribution in [2.24, 2.45) is 0 Å². The van der Waals surface area contributed by atoms with Gasteiger partial charge in [-0.15, -0.1) is 0 Å². The molecule has 0 aromatic rings. The first kappa shape index (κ1) is 9.54. The number of ether oxygens (including phenoxy) is 1. The quantitative estimate of drug-likeness (QED) is 0.548. The van der Waals surface area contributed by atoms with E-state index < -0.39 is 0 Å². The van der Waals surface area contributed by atoms with Gasteiger partial charge in [-0.3, -0.25) is 0 Å². The molecular formula is C9H18O. The van der Waals surface area contributed by atoms with Gasteiger partial charge in [0.1, 0.15) is 0 Å². The van der Waals surface area contributed by atoms with Crippen molar-refractivity contribution in [2.45, 2.75) is 40.5 Å². The molecule has 0 atom stereocenters. The summed E-state index contributed by atoms with van der Waals surface area (Å²) < 4.78 is 5.42. The molecule has 10 heavy (non-hydrogen) atoms. The smallest absolute Gasteiger partial charge is 0.0917 e. The summed E-state index contributed by atoms with van der Waals surface area (Å²) >= 11 is 0. The minimum atomic E-state index is 0.850. The fourth-order valence-electron chi connectivity index (χ4n) is 0.627. The maximum absolute atomic E-state index is 5.42. The molecule has 0 spiro atoms. The molecule has 0 aromatic carbocycles. The zero-order chi connectivity index (χ0) is 7.98. The van der Waals surface area contributed by atoms with Gasteiger partial charge < -0.3 is 4.74 Å². The summed E-state index contributed by atoms with van der Waals surface area (Å²) in [6.07, 6.45) is 2.18. The molecule has 60 valence electrons. The zero-order valence-corrected chi connectivity index (χ0v) is 7.53. The molecule has 0 aliphatic carbocycles. The molecule has 0 saturated heterocycles. The van der Waals surface area contributed by atoms with Gasteiger partial charge in [-0.05, 0) is 32.3 Å². The Labute approximate surface area is 64.1 Å². The highest BCUT2D eigenvalue weighted by Crippen LogP contribution is 2.08. The highest BCUT2D eigenvalue weighted by Gasteiger charge is 1.93. The van der Waals surface area contributed by atoms with Crippen LogP contribution in [0.25, 0.3) is 0 Å². The minimum absolute atomic E-state index is 0.850. The third-order valence-electron chi connectivity index (χ3n) is 1.65. The molecule has 0 aliphatic heterocycles. The van der Waals surface area contributed by atoms with Gasteiger partial charge in [0.05, 0.1) is 12.4 Å². The van der Waals surface area contributed by atoms with Crippen molar-refractivity contribution in [1.82, 2.24) is 0 Å². The summed E-state index contributed by atoms with van der Waals surface area (Å²) in [5, 5.41) is 0. The topological polar surface area (TPSA) is 9.23 Å². The van der Waals surface area contributed by atoms with Crippen molar-refractivity contribution in [3.05, 3.63) is 11.3 Å². The van der Waals surface area contributed by atoms with Crippen molar-refractivity contribution >= 4 is 0 Å². The van der Waals surface area contributed by atoms with E-state index in [9.17, 15) is 0 Å². The van der Waals surface area contributed by atoms with E-state index >= 15 is 0 Å². The third-order valence-corrected chi connectivity index (χ3v) is 1.65. The van der Waals surface area contributed by atoms with Gasteiger partial charge >= 0.3 is 0 Å². The van der Waals surface area contributed by atoms with Gasteiger partial charge in [0.15, 0.2) is 0 Å². The third kappa shape index (κ3) is 3.54. The predicted octanol–water partition coefficient (Wildman–Crippen LogP) is 3.12. The van der Waals surface area contributed by atoms with E-state index in [1.807, 2.05) is 6.92 Å². The van der Waals surface area contributed by atoms with E-state index in [-0.39, 0.29) is 0 Å². The Morgan fingerprint density at radius 3 is 2.20 bits per heavy atom. The van der Waals surface area contributed by atoms with Crippen LogP contribution in [-0.4, -0.2) is 6.61 Å². The van der Waals surface area contributed by atoms with Crippen molar-refractivity contribution < 1.29 is 4.74 Å². The molecule has 0 fully saturated rings. The number of hydrogen-bond acceptors (Lipinski definition) is 1. The van der Waals surface area contributed by atoms with Crippen LogP contribution in [0.15, 0.2) is 11.3 Å². The first-order valence-electron chi connectivity index (χ1n) is 4.01. The van der Waals surface area contributed by atoms with E-state index in [1.165, 1.54) is 5.57 Å². The van der Waals surface area contributed by atoms with Gasteiger partial charge in [-0.25, -0.2) is 0 Å². The predicted molar refractivity (Wildman–Crippen MR) is 44.9 cm³/mol. The zero-order valence-electron chi connectivity index (χ0n) is 7.53. The molecule has 0 saturated carbocycles. The summed E-state index contributed by atoms with van der Waals surface area (Å²) in [5.41, 5.74) is 1.36. The largest absolute Gasteiger partial charge is 0.498 e. The van der Waals surface area contributed by atoms with Gasteiger partial charge in [0, 0.05) is 0 Å². The molecule has 1 heteroatoms. The van der Waals surface area contributed by atoms with Crippen LogP contribution >= 0.6 is 0 Å². The molecule has 0 heterocycles. The fraction of sp³-hybridized carbons (Fsp3) is 0.778. The fourth-order valence-corrected chi connectivity index (χ4v) is 0.627. The van der Waals surface area contributed by atoms with Crippen LogP contribution in [0.4, 0.5) is 0 Å². The van der Waals surface area contributed by atoms with Crippen molar-refractivity contribution in [1.29, 1.82) is 0 Å². The monoisotopic (exact) mass is 142 g/mol. The second kappa shape index (κ2) is 5.33. The lowest BCUT2D eigenvalue weighted by Crippen LogP contribution is -1.92. The molecule has 0 aromatic heterocycles. The Kier molecular flexibility index (Phi) is 5.09. The average Bonchev–Trinajstić information content (AvgIpc) is 1.98. The molecule has 0 bridgehead atoms. The van der Waals surface area contributed by atoms with E-state index in [0.717, 1.165) is 25.2 Å². The highest BCUT2D eigenvalue weighted by molar-refractivity contribution is 5.01. The Balaban J connectivity index is 3.68. The first-order chi connectivity index (χ1) is 4.72. The molecular weight excluding hydrogens is 124 g/mol. The van der Waals surface area contributed by atoms with Gasteiger partial charge in [0.2, 0.25) is 0 Å². The van der Waals surface area contributed by atoms with E-state index in [0.29, 0.717) is 0 Å². The first-order valence-corrected chi connectivity index (χ1v) is 4.01. The lowest BCUT2D eigenvalue weighted by molar-refractivity contribution is 0.210. The van der Waals surface area contributed by atoms with E-state index in [4.69, 9.17) is 4.74 Å². The van der Waals surface area contributed by atoms with Crippen LogP contribution in [-0.2, 0) is 4.74 Å². The summed E-state index contributed by atoms with van der Waals surface area (Å²) in [4.78, 5) is 0. The SMILES string of the molecule is CCCOC(C)=C(C)CC. The summed E-state index contributed by atoms with van der Waals surface area (Å²) in [6, 6.07) is 0. The second-order valence-corrected chi connectivity index (χ2v) is 2.54. The van der Waals surface area contributed by atoms with Crippen LogP contribution in [0.3, 0.4) is 0 Å². The Morgan fingerprint density at radius 1 is 1.20 bits per heavy atom. The molecule has 0 N–H and O–H groups in total. The normalized spacial score (nSPS) is 12.8. The number of rotatable bonds is 4. The van der Waals surface area contributed by atoms with Crippen molar-refractivity contribution in [2.75, 3.05) is 6.61 Å². The molecule has 0 aliphatic rings. The Morgan fingerprint density at radius 2 is 1.80 bits per heavy atom. The Hall–Kier alpha value is -0.460. The van der Waals surface area contributed by atoms with Crippen LogP contribution in [0.5, 0.6) is 0 Å². The number of allylic oxidation sites excluding steroid dienone is 2. The van der Waals surface area contributed by atoms with Crippen LogP contribution in [0, 0.1) is 0 Å². The minimum Gasteiger partial charge on any atom is -0.498 e. The molecule has 1 nitrogen and oxygen atoms in total. The lowest BCUT2D eigenvalue weighted by Gasteiger charge is -2.06. The second-order valence-electron chi connectivity index (χ2n) is 2.54. The molecule has 0 unspecified atom stereocenters. The summed E-state index contributed by atoms with van der Waals surface area (Å²) in [7, 11) is 0. The van der Waals surface area contributed by atoms with Crippen LogP contribution in [0.2, 0.25) is 0 Å². The van der Waals surface area contributed by atoms with Gasteiger partial charge in [0.25, 0.3) is 0 Å². The van der Waals surface area contributed by atoms with E-state index in [2.05, 4.69) is 20.8 Å². The molecule has 0 rings (SSSR count). The highest BCUT2D eigenvalue weighted by atomic mass is 16.5. The molecule has 0 radical (unpaired) electrons. The van der Waals surface area contributed by atoms with Gasteiger partial charge in [-0.2, -0.15) is 0 Å². The average molecular weight is 142 g/mol. The van der Waals surface area contributed by atoms with Crippen LogP contribution in [0.1, 0.15) is 40.5 Å². The maximum Gasteiger partial charge on any atom is 0.0917 e. The van der Waals surface area contributed by atoms with E-state index in [1.54, 1.807) is 0 Å². The Bertz CT molecular complexity index is 114. The standard InChI is InChI=1S/C9H18O/c1-5-7-10-9(4)8(3)6-2/h5-7H2,1-4H3. The van der Waals surface area contributed by atoms with Gasteiger partial charge in [-0.1, -0.05) is 13.8 Å². The van der Waals surface area contributed by atoms with Crippen molar-refractivity contribution in [3.8, 4) is 0 Å². The summed E-state index contributed by atoms with van der Waals surface area (Å²) in [5.74, 6) is 1.10. The maximum atomic E-state index is 5.42.